The summed E-state index contributed by atoms with van der Waals surface area (Å²) in [6.45, 7) is 4.10. The van der Waals surface area contributed by atoms with Crippen LogP contribution in [0.1, 0.15) is 11.1 Å². The van der Waals surface area contributed by atoms with E-state index in [1.807, 2.05) is 49.4 Å². The second kappa shape index (κ2) is 5.87. The van der Waals surface area contributed by atoms with E-state index < -0.39 is 0 Å². The first-order chi connectivity index (χ1) is 11.6. The zero-order chi connectivity index (χ0) is 16.7. The molecule has 2 aliphatic heterocycles. The number of likely N-dealkylation sites (tertiary alicyclic amines) is 1. The molecule has 2 fully saturated rings. The molecule has 0 saturated carbocycles. The molecule has 0 bridgehead atoms. The molecule has 0 spiro atoms. The van der Waals surface area contributed by atoms with Gasteiger partial charge in [0.1, 0.15) is 0 Å². The highest BCUT2D eigenvalue weighted by atomic mass is 16.2. The van der Waals surface area contributed by atoms with Gasteiger partial charge in [-0.25, -0.2) is 4.90 Å². The van der Waals surface area contributed by atoms with E-state index in [1.54, 1.807) is 0 Å². The van der Waals surface area contributed by atoms with Gasteiger partial charge < -0.3 is 0 Å². The lowest BCUT2D eigenvalue weighted by Gasteiger charge is -2.20. The number of aryl methyl sites for hydroxylation is 1. The quantitative estimate of drug-likeness (QED) is 0.816. The first-order valence-corrected chi connectivity index (χ1v) is 8.34. The average molecular weight is 320 g/mol. The molecule has 2 saturated heterocycles. The van der Waals surface area contributed by atoms with E-state index in [1.165, 1.54) is 10.5 Å². The first kappa shape index (κ1) is 15.1. The molecule has 4 heteroatoms. The van der Waals surface area contributed by atoms with Crippen LogP contribution in [0, 0.1) is 18.8 Å². The number of hydrogen-bond acceptors (Lipinski definition) is 3. The monoisotopic (exact) mass is 320 g/mol. The lowest BCUT2D eigenvalue weighted by Crippen LogP contribution is -2.35. The minimum absolute atomic E-state index is 0.0515. The minimum Gasteiger partial charge on any atom is -0.297 e. The van der Waals surface area contributed by atoms with Gasteiger partial charge in [0.2, 0.25) is 11.8 Å². The lowest BCUT2D eigenvalue weighted by molar-refractivity contribution is -0.123. The molecular formula is C20H20N2O2. The fraction of sp³-hybridized carbons (Fsp3) is 0.300. The summed E-state index contributed by atoms with van der Waals surface area (Å²) in [6, 6.07) is 17.8. The summed E-state index contributed by atoms with van der Waals surface area (Å²) >= 11 is 0. The molecule has 2 aromatic carbocycles. The van der Waals surface area contributed by atoms with Crippen LogP contribution in [0.2, 0.25) is 0 Å². The van der Waals surface area contributed by atoms with Crippen LogP contribution in [-0.2, 0) is 16.1 Å². The normalized spacial score (nSPS) is 23.8. The number of rotatable bonds is 3. The summed E-state index contributed by atoms with van der Waals surface area (Å²) in [5, 5.41) is 0. The number of benzene rings is 2. The van der Waals surface area contributed by atoms with E-state index in [0.717, 1.165) is 12.1 Å². The van der Waals surface area contributed by atoms with Crippen molar-refractivity contribution >= 4 is 17.5 Å². The summed E-state index contributed by atoms with van der Waals surface area (Å²) in [5.74, 6) is -0.515. The van der Waals surface area contributed by atoms with Gasteiger partial charge >= 0.3 is 0 Å². The van der Waals surface area contributed by atoms with Crippen LogP contribution in [0.3, 0.4) is 0 Å². The van der Waals surface area contributed by atoms with Crippen molar-refractivity contribution in [1.82, 2.24) is 4.90 Å². The number of carbonyl (C=O) groups is 2. The molecule has 0 aliphatic carbocycles. The molecule has 2 heterocycles. The molecule has 2 aliphatic rings. The average Bonchev–Trinajstić information content (AvgIpc) is 3.10. The standard InChI is InChI=1S/C20H20N2O2/c1-14-7-9-16(10-8-14)22-19(23)17-12-21(13-18(17)20(22)24)11-15-5-3-2-4-6-15/h2-10,17-18H,11-13H2,1H3. The van der Waals surface area contributed by atoms with E-state index in [0.29, 0.717) is 18.8 Å². The third-order valence-electron chi connectivity index (χ3n) is 5.01. The number of hydrogen-bond donors (Lipinski definition) is 0. The maximum absolute atomic E-state index is 12.8. The molecule has 0 aromatic heterocycles. The third-order valence-corrected chi connectivity index (χ3v) is 5.01. The van der Waals surface area contributed by atoms with E-state index in [2.05, 4.69) is 17.0 Å². The van der Waals surface area contributed by atoms with Gasteiger partial charge in [-0.3, -0.25) is 14.5 Å². The Morgan fingerprint density at radius 3 is 2.04 bits per heavy atom. The van der Waals surface area contributed by atoms with Crippen molar-refractivity contribution in [2.24, 2.45) is 11.8 Å². The Kier molecular flexibility index (Phi) is 3.69. The Hall–Kier alpha value is -2.46. The van der Waals surface area contributed by atoms with Crippen LogP contribution in [-0.4, -0.2) is 29.8 Å². The van der Waals surface area contributed by atoms with Gasteiger partial charge in [0.15, 0.2) is 0 Å². The Bertz CT molecular complexity index is 746. The fourth-order valence-electron chi connectivity index (χ4n) is 3.75. The molecule has 2 unspecified atom stereocenters. The van der Waals surface area contributed by atoms with Crippen LogP contribution in [0.15, 0.2) is 54.6 Å². The largest absolute Gasteiger partial charge is 0.297 e. The zero-order valence-electron chi connectivity index (χ0n) is 13.7. The minimum atomic E-state index is -0.206. The number of anilines is 1. The van der Waals surface area contributed by atoms with E-state index in [-0.39, 0.29) is 23.7 Å². The van der Waals surface area contributed by atoms with Gasteiger partial charge in [0, 0.05) is 19.6 Å². The maximum Gasteiger partial charge on any atom is 0.239 e. The van der Waals surface area contributed by atoms with Crippen molar-refractivity contribution in [3.05, 3.63) is 65.7 Å². The summed E-state index contributed by atoms with van der Waals surface area (Å²) in [5.41, 5.74) is 3.03. The van der Waals surface area contributed by atoms with Crippen LogP contribution in [0.25, 0.3) is 0 Å². The number of amides is 2. The van der Waals surface area contributed by atoms with Gasteiger partial charge in [-0.1, -0.05) is 48.0 Å². The van der Waals surface area contributed by atoms with E-state index >= 15 is 0 Å². The highest BCUT2D eigenvalue weighted by molar-refractivity contribution is 6.22. The van der Waals surface area contributed by atoms with Crippen molar-refractivity contribution < 1.29 is 9.59 Å². The summed E-state index contributed by atoms with van der Waals surface area (Å²) in [6.07, 6.45) is 0. The topological polar surface area (TPSA) is 40.6 Å². The van der Waals surface area contributed by atoms with Crippen LogP contribution < -0.4 is 4.90 Å². The summed E-state index contributed by atoms with van der Waals surface area (Å²) < 4.78 is 0. The first-order valence-electron chi connectivity index (χ1n) is 8.34. The maximum atomic E-state index is 12.8. The SMILES string of the molecule is Cc1ccc(N2C(=O)C3CN(Cc4ccccc4)CC3C2=O)cc1. The van der Waals surface area contributed by atoms with Crippen molar-refractivity contribution in [2.45, 2.75) is 13.5 Å². The van der Waals surface area contributed by atoms with Crippen LogP contribution >= 0.6 is 0 Å². The van der Waals surface area contributed by atoms with Crippen molar-refractivity contribution in [1.29, 1.82) is 0 Å². The second-order valence-corrected chi connectivity index (χ2v) is 6.74. The summed E-state index contributed by atoms with van der Waals surface area (Å²) in [7, 11) is 0. The molecule has 2 aromatic rings. The Labute approximate surface area is 141 Å². The number of nitrogens with zero attached hydrogens (tertiary/aromatic N) is 2. The van der Waals surface area contributed by atoms with Crippen molar-refractivity contribution in [2.75, 3.05) is 18.0 Å². The Morgan fingerprint density at radius 1 is 0.875 bits per heavy atom. The van der Waals surface area contributed by atoms with Crippen molar-refractivity contribution in [3.63, 3.8) is 0 Å². The Balaban J connectivity index is 1.50. The molecule has 122 valence electrons. The third kappa shape index (κ3) is 2.53. The predicted molar refractivity (Wildman–Crippen MR) is 92.4 cm³/mol. The number of carbonyl (C=O) groups excluding carboxylic acids is 2. The van der Waals surface area contributed by atoms with Crippen LogP contribution in [0.4, 0.5) is 5.69 Å². The molecule has 4 rings (SSSR count). The van der Waals surface area contributed by atoms with Gasteiger partial charge in [0.05, 0.1) is 17.5 Å². The van der Waals surface area contributed by atoms with E-state index in [4.69, 9.17) is 0 Å². The smallest absolute Gasteiger partial charge is 0.239 e. The van der Waals surface area contributed by atoms with Crippen molar-refractivity contribution in [3.8, 4) is 0 Å². The lowest BCUT2D eigenvalue weighted by atomic mass is 10.00. The number of fused-ring (bicyclic) bond motifs is 1. The van der Waals surface area contributed by atoms with Gasteiger partial charge in [-0.15, -0.1) is 0 Å². The molecule has 2 amide bonds. The molecule has 0 N–H and O–H groups in total. The number of imide groups is 1. The summed E-state index contributed by atoms with van der Waals surface area (Å²) in [4.78, 5) is 29.1. The zero-order valence-corrected chi connectivity index (χ0v) is 13.7. The van der Waals surface area contributed by atoms with Gasteiger partial charge in [-0.05, 0) is 24.6 Å². The molecule has 4 nitrogen and oxygen atoms in total. The molecule has 0 radical (unpaired) electrons. The van der Waals surface area contributed by atoms with E-state index in [9.17, 15) is 9.59 Å². The molecule has 24 heavy (non-hydrogen) atoms. The van der Waals surface area contributed by atoms with Gasteiger partial charge in [-0.2, -0.15) is 0 Å². The Morgan fingerprint density at radius 2 is 1.46 bits per heavy atom. The second-order valence-electron chi connectivity index (χ2n) is 6.74. The molecule has 2 atom stereocenters. The predicted octanol–water partition coefficient (Wildman–Crippen LogP) is 2.62. The highest BCUT2D eigenvalue weighted by Gasteiger charge is 2.52. The van der Waals surface area contributed by atoms with Gasteiger partial charge in [0.25, 0.3) is 0 Å². The fourth-order valence-corrected chi connectivity index (χ4v) is 3.75. The van der Waals surface area contributed by atoms with Crippen LogP contribution in [0.5, 0.6) is 0 Å². The highest BCUT2D eigenvalue weighted by Crippen LogP contribution is 2.36. The molecular weight excluding hydrogens is 300 g/mol.